The number of rotatable bonds is 2. The second-order valence-electron chi connectivity index (χ2n) is 10.6. The van der Waals surface area contributed by atoms with Crippen LogP contribution in [0.15, 0.2) is 30.6 Å². The van der Waals surface area contributed by atoms with Gasteiger partial charge in [0.05, 0.1) is 36.6 Å². The lowest BCUT2D eigenvalue weighted by Gasteiger charge is -2.35. The normalized spacial score (nSPS) is 29.4. The Hall–Kier alpha value is -2.95. The molecule has 4 heterocycles. The molecule has 3 aliphatic rings. The number of carbonyl (C=O) groups is 2. The summed E-state index contributed by atoms with van der Waals surface area (Å²) in [6, 6.07) is 5.17. The third-order valence-electron chi connectivity index (χ3n) is 7.66. The van der Waals surface area contributed by atoms with Crippen LogP contribution in [0.4, 0.5) is 0 Å². The number of hydrogen-bond acceptors (Lipinski definition) is 7. The summed E-state index contributed by atoms with van der Waals surface area (Å²) >= 11 is 0. The number of fused-ring (bicyclic) bond motifs is 5. The maximum absolute atomic E-state index is 13.4. The fourth-order valence-corrected chi connectivity index (χ4v) is 5.60. The predicted octanol–water partition coefficient (Wildman–Crippen LogP) is 1.48. The average molecular weight is 512 g/mol. The third-order valence-corrected chi connectivity index (χ3v) is 7.66. The van der Waals surface area contributed by atoms with Crippen molar-refractivity contribution in [2.45, 2.75) is 76.0 Å². The van der Waals surface area contributed by atoms with Crippen LogP contribution in [0.5, 0.6) is 5.75 Å². The highest BCUT2D eigenvalue weighted by atomic mass is 16.5. The van der Waals surface area contributed by atoms with Gasteiger partial charge in [-0.25, -0.2) is 0 Å². The Morgan fingerprint density at radius 2 is 2.00 bits per heavy atom. The van der Waals surface area contributed by atoms with Gasteiger partial charge >= 0.3 is 0 Å². The average Bonchev–Trinajstić information content (AvgIpc) is 3.50. The lowest BCUT2D eigenvalue weighted by molar-refractivity contribution is -0.134. The van der Waals surface area contributed by atoms with E-state index in [4.69, 9.17) is 9.47 Å². The quantitative estimate of drug-likeness (QED) is 0.559. The molecule has 1 aromatic heterocycles. The minimum Gasteiger partial charge on any atom is -0.493 e. The fourth-order valence-electron chi connectivity index (χ4n) is 5.60. The fraction of sp³-hybridized carbons (Fsp3) is 0.593. The first-order valence-corrected chi connectivity index (χ1v) is 13.2. The first-order chi connectivity index (χ1) is 17.8. The van der Waals surface area contributed by atoms with Crippen LogP contribution >= 0.6 is 0 Å². The summed E-state index contributed by atoms with van der Waals surface area (Å²) in [6.45, 7) is 5.30. The first-order valence-electron chi connectivity index (χ1n) is 13.2. The van der Waals surface area contributed by atoms with Crippen LogP contribution in [0.25, 0.3) is 11.1 Å². The minimum atomic E-state index is -0.615. The monoisotopic (exact) mass is 511 g/mol. The molecule has 2 fully saturated rings. The van der Waals surface area contributed by atoms with E-state index in [-0.39, 0.29) is 42.6 Å². The summed E-state index contributed by atoms with van der Waals surface area (Å²) < 4.78 is 14.1. The number of hydrogen-bond donors (Lipinski definition) is 3. The van der Waals surface area contributed by atoms with E-state index >= 15 is 0 Å². The van der Waals surface area contributed by atoms with Crippen molar-refractivity contribution >= 4 is 11.8 Å². The van der Waals surface area contributed by atoms with E-state index in [1.54, 1.807) is 16.9 Å². The molecule has 5 atom stereocenters. The molecule has 0 radical (unpaired) electrons. The minimum absolute atomic E-state index is 0.0969. The molecule has 10 nitrogen and oxygen atoms in total. The molecule has 3 aliphatic heterocycles. The maximum Gasteiger partial charge on any atom is 0.255 e. The van der Waals surface area contributed by atoms with Crippen molar-refractivity contribution in [1.82, 2.24) is 25.3 Å². The molecule has 5 rings (SSSR count). The van der Waals surface area contributed by atoms with Gasteiger partial charge in [-0.3, -0.25) is 19.2 Å². The number of benzene rings is 1. The van der Waals surface area contributed by atoms with Gasteiger partial charge in [-0.1, -0.05) is 6.07 Å². The second kappa shape index (κ2) is 10.8. The number of ether oxygens (including phenoxy) is 2. The number of aliphatic hydroxyl groups is 1. The van der Waals surface area contributed by atoms with Crippen LogP contribution in [0, 0.1) is 0 Å². The molecule has 3 N–H and O–H groups in total. The van der Waals surface area contributed by atoms with E-state index in [1.165, 1.54) is 0 Å². The highest BCUT2D eigenvalue weighted by Crippen LogP contribution is 2.30. The molecule has 10 heteroatoms. The molecule has 0 aliphatic carbocycles. The molecule has 2 saturated heterocycles. The lowest BCUT2D eigenvalue weighted by Crippen LogP contribution is -2.51. The van der Waals surface area contributed by atoms with E-state index in [1.807, 2.05) is 25.4 Å². The van der Waals surface area contributed by atoms with Crippen LogP contribution in [0.3, 0.4) is 0 Å². The van der Waals surface area contributed by atoms with Gasteiger partial charge in [0.25, 0.3) is 5.91 Å². The van der Waals surface area contributed by atoms with Crippen molar-refractivity contribution in [2.75, 3.05) is 19.7 Å². The molecule has 2 aromatic rings. The van der Waals surface area contributed by atoms with Gasteiger partial charge in [0, 0.05) is 50.4 Å². The summed E-state index contributed by atoms with van der Waals surface area (Å²) in [4.78, 5) is 28.7. The van der Waals surface area contributed by atoms with Gasteiger partial charge in [-0.15, -0.1) is 0 Å². The van der Waals surface area contributed by atoms with Crippen molar-refractivity contribution in [3.8, 4) is 16.9 Å². The Morgan fingerprint density at radius 1 is 1.16 bits per heavy atom. The zero-order chi connectivity index (χ0) is 26.1. The summed E-state index contributed by atoms with van der Waals surface area (Å²) in [5, 5.41) is 20.9. The number of aromatic nitrogens is 2. The molecule has 37 heavy (non-hydrogen) atoms. The number of nitrogens with zero attached hydrogens (tertiary/aromatic N) is 3. The Balaban J connectivity index is 1.44. The zero-order valence-corrected chi connectivity index (χ0v) is 21.7. The molecule has 1 aromatic carbocycles. The van der Waals surface area contributed by atoms with Crippen molar-refractivity contribution in [3.63, 3.8) is 0 Å². The highest BCUT2D eigenvalue weighted by Gasteiger charge is 2.40. The predicted molar refractivity (Wildman–Crippen MR) is 137 cm³/mol. The van der Waals surface area contributed by atoms with E-state index in [2.05, 4.69) is 34.5 Å². The molecule has 0 unspecified atom stereocenters. The van der Waals surface area contributed by atoms with Gasteiger partial charge in [0.15, 0.2) is 0 Å². The van der Waals surface area contributed by atoms with Gasteiger partial charge in [0.1, 0.15) is 11.9 Å². The van der Waals surface area contributed by atoms with Crippen LogP contribution in [0.1, 0.15) is 49.9 Å². The summed E-state index contributed by atoms with van der Waals surface area (Å²) in [5.41, 5.74) is 2.31. The second-order valence-corrected chi connectivity index (χ2v) is 10.6. The van der Waals surface area contributed by atoms with Crippen LogP contribution < -0.4 is 15.4 Å². The van der Waals surface area contributed by atoms with Crippen molar-refractivity contribution in [1.29, 1.82) is 0 Å². The molecule has 4 bridgehead atoms. The number of carbonyl (C=O) groups excluding carboxylic acids is 2. The standard InChI is InChI=1S/C27H37N5O5/c1-16(2)32-15-19-11-22(32)27(35)28-13-25-23(33)7-5-20(37-25)8-9-36-24-10-17(18-12-29-31(3)14-18)4-6-21(24)26(34)30-19/h4,6,10,12,14,16,19-20,22-23,25,33H,5,7-9,11,13,15H2,1-3H3,(H,28,35)(H,30,34)/t19-,20-,22-,23-,25+/m0/s1. The molecule has 200 valence electrons. The van der Waals surface area contributed by atoms with E-state index in [0.29, 0.717) is 50.1 Å². The Labute approximate surface area is 217 Å². The number of likely N-dealkylation sites (tertiary alicyclic amines) is 1. The summed E-state index contributed by atoms with van der Waals surface area (Å²) in [6.07, 6.45) is 4.98. The van der Waals surface area contributed by atoms with Crippen molar-refractivity contribution < 1.29 is 24.2 Å². The Kier molecular flexibility index (Phi) is 7.50. The van der Waals surface area contributed by atoms with E-state index in [9.17, 15) is 14.7 Å². The number of aryl methyl sites for hydroxylation is 1. The number of nitrogens with one attached hydrogen (secondary N) is 2. The van der Waals surface area contributed by atoms with Crippen LogP contribution in [-0.2, 0) is 16.6 Å². The highest BCUT2D eigenvalue weighted by molar-refractivity contribution is 5.98. The maximum atomic E-state index is 13.4. The lowest BCUT2D eigenvalue weighted by atomic mass is 9.99. The van der Waals surface area contributed by atoms with E-state index in [0.717, 1.165) is 11.1 Å². The van der Waals surface area contributed by atoms with Crippen molar-refractivity contribution in [3.05, 3.63) is 36.2 Å². The van der Waals surface area contributed by atoms with Crippen LogP contribution in [-0.4, -0.2) is 87.7 Å². The number of amides is 2. The molecule has 0 spiro atoms. The largest absolute Gasteiger partial charge is 0.493 e. The summed E-state index contributed by atoms with van der Waals surface area (Å²) in [5.74, 6) is 0.193. The number of aliphatic hydroxyl groups excluding tert-OH is 1. The van der Waals surface area contributed by atoms with Crippen molar-refractivity contribution in [2.24, 2.45) is 7.05 Å². The van der Waals surface area contributed by atoms with Gasteiger partial charge in [-0.05, 0) is 50.8 Å². The third kappa shape index (κ3) is 5.66. The Bertz CT molecular complexity index is 1130. The smallest absolute Gasteiger partial charge is 0.255 e. The SMILES string of the molecule is CC(C)N1C[C@@H]2C[C@H]1C(=O)NC[C@H]1O[C@H](CCOc3cc(-c4cnn(C)c4)ccc3C(=O)N2)CC[C@@H]1O. The molecule has 2 amide bonds. The summed E-state index contributed by atoms with van der Waals surface area (Å²) in [7, 11) is 1.86. The van der Waals surface area contributed by atoms with Gasteiger partial charge in [-0.2, -0.15) is 5.10 Å². The van der Waals surface area contributed by atoms with Gasteiger partial charge < -0.3 is 25.2 Å². The van der Waals surface area contributed by atoms with Crippen LogP contribution in [0.2, 0.25) is 0 Å². The van der Waals surface area contributed by atoms with Gasteiger partial charge in [0.2, 0.25) is 5.91 Å². The topological polar surface area (TPSA) is 118 Å². The molecule has 0 saturated carbocycles. The molecular weight excluding hydrogens is 474 g/mol. The van der Waals surface area contributed by atoms with E-state index < -0.39 is 12.2 Å². The molecular formula is C27H37N5O5. The Morgan fingerprint density at radius 3 is 2.76 bits per heavy atom. The first kappa shape index (κ1) is 25.7. The zero-order valence-electron chi connectivity index (χ0n) is 21.7.